The molecular weight excluding hydrogens is 261 g/mol. The van der Waals surface area contributed by atoms with Crippen LogP contribution in [0.1, 0.15) is 17.3 Å². The zero-order chi connectivity index (χ0) is 14.5. The molecule has 0 saturated heterocycles. The number of rotatable bonds is 5. The van der Waals surface area contributed by atoms with Gasteiger partial charge >= 0.3 is 0 Å². The van der Waals surface area contributed by atoms with Crippen LogP contribution < -0.4 is 14.8 Å². The first-order chi connectivity index (χ1) is 9.69. The van der Waals surface area contributed by atoms with Crippen molar-refractivity contribution < 1.29 is 13.9 Å². The molecule has 0 fully saturated rings. The van der Waals surface area contributed by atoms with Crippen LogP contribution in [-0.2, 0) is 0 Å². The van der Waals surface area contributed by atoms with Crippen molar-refractivity contribution in [2.24, 2.45) is 0 Å². The van der Waals surface area contributed by atoms with Crippen LogP contribution in [0.15, 0.2) is 30.6 Å². The maximum Gasteiger partial charge on any atom is 0.216 e. The van der Waals surface area contributed by atoms with Crippen LogP contribution in [0, 0.1) is 5.82 Å². The minimum Gasteiger partial charge on any atom is -0.496 e. The molecule has 1 atom stereocenters. The van der Waals surface area contributed by atoms with Gasteiger partial charge in [-0.1, -0.05) is 0 Å². The molecule has 1 unspecified atom stereocenters. The Morgan fingerprint density at radius 1 is 1.15 bits per heavy atom. The molecule has 1 N–H and O–H groups in total. The molecule has 0 amide bonds. The predicted molar refractivity (Wildman–Crippen MR) is 72.4 cm³/mol. The zero-order valence-corrected chi connectivity index (χ0v) is 11.6. The number of halogens is 1. The summed E-state index contributed by atoms with van der Waals surface area (Å²) in [4.78, 5) is 8.17. The minimum absolute atomic E-state index is 0.322. The largest absolute Gasteiger partial charge is 0.496 e. The Bertz CT molecular complexity index is 592. The molecule has 2 aromatic rings. The van der Waals surface area contributed by atoms with Crippen molar-refractivity contribution in [3.05, 3.63) is 47.7 Å². The summed E-state index contributed by atoms with van der Waals surface area (Å²) in [5.74, 6) is 0.705. The van der Waals surface area contributed by atoms with Gasteiger partial charge in [0, 0.05) is 11.6 Å². The van der Waals surface area contributed by atoms with Crippen LogP contribution in [0.25, 0.3) is 0 Å². The quantitative estimate of drug-likeness (QED) is 0.905. The lowest BCUT2D eigenvalue weighted by molar-refractivity contribution is 0.393. The van der Waals surface area contributed by atoms with Gasteiger partial charge in [0.2, 0.25) is 5.88 Å². The second-order valence-electron chi connectivity index (χ2n) is 4.09. The van der Waals surface area contributed by atoms with E-state index in [1.807, 2.05) is 0 Å². The standard InChI is InChI=1S/C14H16FN3O2/c1-16-14(11-7-13(20-3)18-8-17-11)10-6-9(15)4-5-12(10)19-2/h4-8,14,16H,1-3H3. The van der Waals surface area contributed by atoms with E-state index < -0.39 is 0 Å². The lowest BCUT2D eigenvalue weighted by Gasteiger charge is -2.19. The second kappa shape index (κ2) is 6.29. The number of hydrogen-bond donors (Lipinski definition) is 1. The molecule has 0 bridgehead atoms. The summed E-state index contributed by atoms with van der Waals surface area (Å²) >= 11 is 0. The Hall–Kier alpha value is -2.21. The van der Waals surface area contributed by atoms with Crippen molar-refractivity contribution in [3.63, 3.8) is 0 Å². The fraction of sp³-hybridized carbons (Fsp3) is 0.286. The van der Waals surface area contributed by atoms with Crippen LogP contribution in [0.4, 0.5) is 4.39 Å². The van der Waals surface area contributed by atoms with Crippen LogP contribution in [0.5, 0.6) is 11.6 Å². The molecule has 0 aliphatic carbocycles. The van der Waals surface area contributed by atoms with Gasteiger partial charge in [0.05, 0.1) is 26.0 Å². The summed E-state index contributed by atoms with van der Waals surface area (Å²) in [6, 6.07) is 5.75. The van der Waals surface area contributed by atoms with Gasteiger partial charge in [0.25, 0.3) is 0 Å². The molecule has 5 nitrogen and oxygen atoms in total. The highest BCUT2D eigenvalue weighted by molar-refractivity contribution is 5.40. The summed E-state index contributed by atoms with van der Waals surface area (Å²) in [6.45, 7) is 0. The maximum atomic E-state index is 13.5. The van der Waals surface area contributed by atoms with E-state index in [2.05, 4.69) is 15.3 Å². The van der Waals surface area contributed by atoms with Crippen molar-refractivity contribution in [1.29, 1.82) is 0 Å². The number of nitrogens with one attached hydrogen (secondary N) is 1. The van der Waals surface area contributed by atoms with Crippen molar-refractivity contribution in [1.82, 2.24) is 15.3 Å². The van der Waals surface area contributed by atoms with Gasteiger partial charge in [-0.2, -0.15) is 0 Å². The topological polar surface area (TPSA) is 56.3 Å². The minimum atomic E-state index is -0.331. The number of hydrogen-bond acceptors (Lipinski definition) is 5. The van der Waals surface area contributed by atoms with Crippen molar-refractivity contribution in [2.75, 3.05) is 21.3 Å². The fourth-order valence-corrected chi connectivity index (χ4v) is 2.02. The van der Waals surface area contributed by atoms with E-state index in [9.17, 15) is 4.39 Å². The highest BCUT2D eigenvalue weighted by Gasteiger charge is 2.19. The molecule has 0 radical (unpaired) electrons. The smallest absolute Gasteiger partial charge is 0.216 e. The van der Waals surface area contributed by atoms with E-state index in [0.717, 1.165) is 0 Å². The Balaban J connectivity index is 2.48. The molecule has 1 heterocycles. The summed E-state index contributed by atoms with van der Waals surface area (Å²) in [5.41, 5.74) is 1.33. The fourth-order valence-electron chi connectivity index (χ4n) is 2.02. The highest BCUT2D eigenvalue weighted by atomic mass is 19.1. The molecule has 0 spiro atoms. The molecular formula is C14H16FN3O2. The SMILES string of the molecule is CNC(c1cc(OC)ncn1)c1cc(F)ccc1OC. The monoisotopic (exact) mass is 277 g/mol. The third kappa shape index (κ3) is 2.85. The number of ether oxygens (including phenoxy) is 2. The molecule has 0 saturated carbocycles. The molecule has 0 aliphatic heterocycles. The first-order valence-corrected chi connectivity index (χ1v) is 6.06. The Morgan fingerprint density at radius 3 is 2.60 bits per heavy atom. The Labute approximate surface area is 116 Å². The first-order valence-electron chi connectivity index (χ1n) is 6.06. The number of methoxy groups -OCH3 is 2. The van der Waals surface area contributed by atoms with Crippen LogP contribution in [-0.4, -0.2) is 31.2 Å². The van der Waals surface area contributed by atoms with Crippen LogP contribution in [0.2, 0.25) is 0 Å². The summed E-state index contributed by atoms with van der Waals surface area (Å²) in [6.07, 6.45) is 1.41. The lowest BCUT2D eigenvalue weighted by Crippen LogP contribution is -2.20. The summed E-state index contributed by atoms with van der Waals surface area (Å²) in [7, 11) is 4.84. The van der Waals surface area contributed by atoms with Gasteiger partial charge in [-0.15, -0.1) is 0 Å². The van der Waals surface area contributed by atoms with Gasteiger partial charge in [-0.3, -0.25) is 0 Å². The van der Waals surface area contributed by atoms with Crippen molar-refractivity contribution in [2.45, 2.75) is 6.04 Å². The van der Waals surface area contributed by atoms with Gasteiger partial charge < -0.3 is 14.8 Å². The summed E-state index contributed by atoms with van der Waals surface area (Å²) < 4.78 is 23.9. The average Bonchev–Trinajstić information content (AvgIpc) is 2.48. The van der Waals surface area contributed by atoms with Crippen molar-refractivity contribution in [3.8, 4) is 11.6 Å². The van der Waals surface area contributed by atoms with E-state index in [1.54, 1.807) is 26.3 Å². The first kappa shape index (κ1) is 14.2. The highest BCUT2D eigenvalue weighted by Crippen LogP contribution is 2.30. The van der Waals surface area contributed by atoms with E-state index in [-0.39, 0.29) is 11.9 Å². The zero-order valence-electron chi connectivity index (χ0n) is 11.6. The number of aromatic nitrogens is 2. The van der Waals surface area contributed by atoms with Crippen molar-refractivity contribution >= 4 is 0 Å². The van der Waals surface area contributed by atoms with Crippen LogP contribution in [0.3, 0.4) is 0 Å². The molecule has 1 aromatic heterocycles. The third-order valence-corrected chi connectivity index (χ3v) is 2.96. The molecule has 106 valence electrons. The molecule has 6 heteroatoms. The Kier molecular flexibility index (Phi) is 4.47. The molecule has 2 rings (SSSR count). The third-order valence-electron chi connectivity index (χ3n) is 2.96. The van der Waals surface area contributed by atoms with Gasteiger partial charge in [-0.25, -0.2) is 14.4 Å². The molecule has 1 aromatic carbocycles. The van der Waals surface area contributed by atoms with E-state index in [4.69, 9.17) is 9.47 Å². The van der Waals surface area contributed by atoms with Gasteiger partial charge in [0.1, 0.15) is 17.9 Å². The second-order valence-corrected chi connectivity index (χ2v) is 4.09. The maximum absolute atomic E-state index is 13.5. The van der Waals surface area contributed by atoms with E-state index in [1.165, 1.54) is 25.6 Å². The van der Waals surface area contributed by atoms with Gasteiger partial charge in [-0.05, 0) is 25.2 Å². The van der Waals surface area contributed by atoms with Gasteiger partial charge in [0.15, 0.2) is 0 Å². The molecule has 0 aliphatic rings. The Morgan fingerprint density at radius 2 is 1.95 bits per heavy atom. The average molecular weight is 277 g/mol. The lowest BCUT2D eigenvalue weighted by atomic mass is 10.0. The molecule has 20 heavy (non-hydrogen) atoms. The normalized spacial score (nSPS) is 12.0. The van der Waals surface area contributed by atoms with Crippen LogP contribution >= 0.6 is 0 Å². The summed E-state index contributed by atoms with van der Waals surface area (Å²) in [5, 5.41) is 3.10. The number of benzene rings is 1. The number of nitrogens with zero attached hydrogens (tertiary/aromatic N) is 2. The predicted octanol–water partition coefficient (Wildman–Crippen LogP) is 1.94. The van der Waals surface area contributed by atoms with E-state index in [0.29, 0.717) is 22.9 Å². The van der Waals surface area contributed by atoms with E-state index >= 15 is 0 Å².